The van der Waals surface area contributed by atoms with Gasteiger partial charge in [-0.1, -0.05) is 24.3 Å². The third kappa shape index (κ3) is 3.57. The van der Waals surface area contributed by atoms with Gasteiger partial charge in [-0.25, -0.2) is 4.79 Å². The summed E-state index contributed by atoms with van der Waals surface area (Å²) in [5.41, 5.74) is 2.91. The molecular formula is C21H24N2O4. The van der Waals surface area contributed by atoms with Crippen molar-refractivity contribution >= 4 is 11.7 Å². The fraction of sp³-hybridized carbons (Fsp3) is 0.381. The first-order valence-electron chi connectivity index (χ1n) is 9.20. The molecule has 2 amide bonds. The van der Waals surface area contributed by atoms with Crippen molar-refractivity contribution < 1.29 is 19.0 Å². The number of carbonyl (C=O) groups is 1. The van der Waals surface area contributed by atoms with Crippen LogP contribution in [0.3, 0.4) is 0 Å². The number of hydrogen-bond donors (Lipinski definition) is 1. The van der Waals surface area contributed by atoms with Gasteiger partial charge in [0.05, 0.1) is 13.7 Å². The van der Waals surface area contributed by atoms with Crippen LogP contribution < -0.4 is 14.8 Å². The number of ether oxygens (including phenoxy) is 3. The van der Waals surface area contributed by atoms with Crippen molar-refractivity contribution in [2.75, 3.05) is 25.5 Å². The molecule has 0 atom stereocenters. The highest BCUT2D eigenvalue weighted by molar-refractivity contribution is 5.89. The van der Waals surface area contributed by atoms with Gasteiger partial charge in [-0.3, -0.25) is 0 Å². The van der Waals surface area contributed by atoms with Crippen molar-refractivity contribution in [3.05, 3.63) is 53.6 Å². The van der Waals surface area contributed by atoms with Crippen LogP contribution in [-0.4, -0.2) is 36.9 Å². The van der Waals surface area contributed by atoms with Gasteiger partial charge in [0.1, 0.15) is 0 Å². The van der Waals surface area contributed by atoms with E-state index in [0.717, 1.165) is 28.3 Å². The third-order valence-electron chi connectivity index (χ3n) is 5.14. The van der Waals surface area contributed by atoms with Crippen LogP contribution in [-0.2, 0) is 11.3 Å². The molecule has 0 saturated carbocycles. The number of hydrogen-bond acceptors (Lipinski definition) is 4. The van der Waals surface area contributed by atoms with Crippen molar-refractivity contribution in [3.63, 3.8) is 0 Å². The van der Waals surface area contributed by atoms with E-state index in [1.54, 1.807) is 12.0 Å². The summed E-state index contributed by atoms with van der Waals surface area (Å²) < 4.78 is 17.7. The van der Waals surface area contributed by atoms with Crippen LogP contribution in [0.15, 0.2) is 42.5 Å². The Balaban J connectivity index is 1.41. The van der Waals surface area contributed by atoms with Crippen molar-refractivity contribution in [3.8, 4) is 11.5 Å². The number of para-hydroxylation sites is 1. The van der Waals surface area contributed by atoms with E-state index >= 15 is 0 Å². The van der Waals surface area contributed by atoms with Gasteiger partial charge in [0.2, 0.25) is 5.79 Å². The maximum atomic E-state index is 12.6. The maximum Gasteiger partial charge on any atom is 0.321 e. The standard InChI is InChI=1S/C21H24N2O4/c1-15-5-3-7-17(13-15)22-20(24)23-11-9-21(10-12-23)26-14-16-6-4-8-18(25-2)19(16)27-21/h3-8,13H,9-12,14H2,1-2H3,(H,22,24). The Morgan fingerprint density at radius 2 is 1.96 bits per heavy atom. The fourth-order valence-corrected chi connectivity index (χ4v) is 3.60. The predicted octanol–water partition coefficient (Wildman–Crippen LogP) is 3.94. The van der Waals surface area contributed by atoms with Crippen molar-refractivity contribution in [1.82, 2.24) is 4.90 Å². The average molecular weight is 368 g/mol. The highest BCUT2D eigenvalue weighted by Crippen LogP contribution is 2.42. The summed E-state index contributed by atoms with van der Waals surface area (Å²) in [5, 5.41) is 2.96. The van der Waals surface area contributed by atoms with Crippen molar-refractivity contribution in [2.45, 2.75) is 32.2 Å². The van der Waals surface area contributed by atoms with Crippen LogP contribution >= 0.6 is 0 Å². The predicted molar refractivity (Wildman–Crippen MR) is 102 cm³/mol. The number of piperidine rings is 1. The number of rotatable bonds is 2. The molecule has 142 valence electrons. The van der Waals surface area contributed by atoms with E-state index in [0.29, 0.717) is 32.5 Å². The molecule has 2 aromatic carbocycles. The van der Waals surface area contributed by atoms with E-state index in [4.69, 9.17) is 14.2 Å². The summed E-state index contributed by atoms with van der Waals surface area (Å²) in [5.74, 6) is 0.778. The molecule has 2 aliphatic heterocycles. The second-order valence-corrected chi connectivity index (χ2v) is 7.04. The maximum absolute atomic E-state index is 12.6. The lowest BCUT2D eigenvalue weighted by Crippen LogP contribution is -2.53. The first-order chi connectivity index (χ1) is 13.1. The van der Waals surface area contributed by atoms with Gasteiger partial charge in [0, 0.05) is 37.2 Å². The molecule has 1 saturated heterocycles. The monoisotopic (exact) mass is 368 g/mol. The number of carbonyl (C=O) groups excluding carboxylic acids is 1. The molecule has 27 heavy (non-hydrogen) atoms. The number of urea groups is 1. The molecule has 2 heterocycles. The normalized spacial score (nSPS) is 17.8. The molecule has 1 fully saturated rings. The average Bonchev–Trinajstić information content (AvgIpc) is 2.68. The zero-order chi connectivity index (χ0) is 18.9. The number of anilines is 1. The Morgan fingerprint density at radius 1 is 1.19 bits per heavy atom. The van der Waals surface area contributed by atoms with E-state index < -0.39 is 5.79 Å². The minimum atomic E-state index is -0.693. The quantitative estimate of drug-likeness (QED) is 0.872. The fourth-order valence-electron chi connectivity index (χ4n) is 3.60. The Bertz CT molecular complexity index is 830. The third-order valence-corrected chi connectivity index (χ3v) is 5.14. The first kappa shape index (κ1) is 17.7. The van der Waals surface area contributed by atoms with E-state index in [1.165, 1.54) is 0 Å². The van der Waals surface area contributed by atoms with Crippen LogP contribution in [0, 0.1) is 6.92 Å². The highest BCUT2D eigenvalue weighted by atomic mass is 16.7. The number of nitrogens with zero attached hydrogens (tertiary/aromatic N) is 1. The van der Waals surface area contributed by atoms with E-state index in [-0.39, 0.29) is 6.03 Å². The number of benzene rings is 2. The highest BCUT2D eigenvalue weighted by Gasteiger charge is 2.42. The van der Waals surface area contributed by atoms with Crippen LogP contribution in [0.4, 0.5) is 10.5 Å². The SMILES string of the molecule is COc1cccc2c1OC1(CCN(C(=O)Nc3cccc(C)c3)CC1)OC2. The summed E-state index contributed by atoms with van der Waals surface area (Å²) in [6.07, 6.45) is 1.23. The molecule has 0 unspecified atom stereocenters. The number of amides is 2. The Kier molecular flexibility index (Phi) is 4.66. The number of likely N-dealkylation sites (tertiary alicyclic amines) is 1. The molecule has 4 rings (SSSR count). The molecule has 0 aromatic heterocycles. The van der Waals surface area contributed by atoms with Crippen molar-refractivity contribution in [1.29, 1.82) is 0 Å². The van der Waals surface area contributed by atoms with E-state index in [2.05, 4.69) is 5.32 Å². The molecule has 2 aliphatic rings. The van der Waals surface area contributed by atoms with Crippen LogP contribution in [0.25, 0.3) is 0 Å². The first-order valence-corrected chi connectivity index (χ1v) is 9.20. The number of nitrogens with one attached hydrogen (secondary N) is 1. The molecule has 2 aromatic rings. The molecule has 0 aliphatic carbocycles. The Morgan fingerprint density at radius 3 is 2.70 bits per heavy atom. The molecular weight excluding hydrogens is 344 g/mol. The Hall–Kier alpha value is -2.73. The van der Waals surface area contributed by atoms with Gasteiger partial charge >= 0.3 is 6.03 Å². The van der Waals surface area contributed by atoms with Crippen LogP contribution in [0.1, 0.15) is 24.0 Å². The zero-order valence-electron chi connectivity index (χ0n) is 15.7. The molecule has 6 heteroatoms. The summed E-state index contributed by atoms with van der Waals surface area (Å²) in [6, 6.07) is 13.5. The van der Waals surface area contributed by atoms with Crippen LogP contribution in [0.2, 0.25) is 0 Å². The summed E-state index contributed by atoms with van der Waals surface area (Å²) in [4.78, 5) is 14.4. The molecule has 1 N–H and O–H groups in total. The molecule has 1 spiro atoms. The van der Waals surface area contributed by atoms with Crippen molar-refractivity contribution in [2.24, 2.45) is 0 Å². The second kappa shape index (κ2) is 7.12. The Labute approximate surface area is 159 Å². The minimum Gasteiger partial charge on any atom is -0.493 e. The lowest BCUT2D eigenvalue weighted by molar-refractivity contribution is -0.225. The number of methoxy groups -OCH3 is 1. The minimum absolute atomic E-state index is 0.0933. The van der Waals surface area contributed by atoms with E-state index in [1.807, 2.05) is 49.4 Å². The van der Waals surface area contributed by atoms with Gasteiger partial charge in [0.25, 0.3) is 0 Å². The number of fused-ring (bicyclic) bond motifs is 1. The lowest BCUT2D eigenvalue weighted by atomic mass is 10.0. The van der Waals surface area contributed by atoms with E-state index in [9.17, 15) is 4.79 Å². The smallest absolute Gasteiger partial charge is 0.321 e. The topological polar surface area (TPSA) is 60.0 Å². The summed E-state index contributed by atoms with van der Waals surface area (Å²) in [7, 11) is 1.64. The lowest BCUT2D eigenvalue weighted by Gasteiger charge is -2.44. The van der Waals surface area contributed by atoms with Crippen LogP contribution in [0.5, 0.6) is 11.5 Å². The zero-order valence-corrected chi connectivity index (χ0v) is 15.7. The molecule has 0 radical (unpaired) electrons. The molecule has 6 nitrogen and oxygen atoms in total. The second-order valence-electron chi connectivity index (χ2n) is 7.04. The van der Waals surface area contributed by atoms with Gasteiger partial charge in [-0.15, -0.1) is 0 Å². The van der Waals surface area contributed by atoms with Gasteiger partial charge < -0.3 is 24.4 Å². The summed E-state index contributed by atoms with van der Waals surface area (Å²) in [6.45, 7) is 3.64. The largest absolute Gasteiger partial charge is 0.493 e. The number of aryl methyl sites for hydroxylation is 1. The van der Waals surface area contributed by atoms with Gasteiger partial charge in [0.15, 0.2) is 11.5 Å². The van der Waals surface area contributed by atoms with Gasteiger partial charge in [-0.05, 0) is 30.7 Å². The molecule has 0 bridgehead atoms. The van der Waals surface area contributed by atoms with Gasteiger partial charge in [-0.2, -0.15) is 0 Å². The summed E-state index contributed by atoms with van der Waals surface area (Å²) >= 11 is 0.